The van der Waals surface area contributed by atoms with Crippen LogP contribution in [-0.4, -0.2) is 28.0 Å². The molecule has 0 aliphatic carbocycles. The van der Waals surface area contributed by atoms with Gasteiger partial charge in [0.2, 0.25) is 0 Å². The minimum Gasteiger partial charge on any atom is -0.228 e. The van der Waals surface area contributed by atoms with E-state index in [1.54, 1.807) is 0 Å². The summed E-state index contributed by atoms with van der Waals surface area (Å²) in [5.74, 6) is 0.635. The molecular formula is C12H22O2SSi. The number of unbranched alkanes of at least 4 members (excludes halogenated alkanes) is 1. The number of rotatable bonds is 5. The molecule has 92 valence electrons. The van der Waals surface area contributed by atoms with Gasteiger partial charge in [0.1, 0.15) is 0 Å². The lowest BCUT2D eigenvalue weighted by Crippen LogP contribution is -2.26. The molecular weight excluding hydrogens is 236 g/mol. The first-order valence-corrected chi connectivity index (χ1v) is 11.1. The van der Waals surface area contributed by atoms with Crippen molar-refractivity contribution in [3.63, 3.8) is 0 Å². The van der Waals surface area contributed by atoms with E-state index in [0.717, 1.165) is 19.3 Å². The molecule has 0 unspecified atom stereocenters. The van der Waals surface area contributed by atoms with Crippen molar-refractivity contribution in [2.75, 3.05) is 11.5 Å². The van der Waals surface area contributed by atoms with Crippen LogP contribution in [0.1, 0.15) is 19.3 Å². The first-order chi connectivity index (χ1) is 7.26. The Morgan fingerprint density at radius 1 is 1.31 bits per heavy atom. The molecule has 0 N–H and O–H groups in total. The maximum atomic E-state index is 11.7. The molecule has 0 atom stereocenters. The lowest BCUT2D eigenvalue weighted by atomic mass is 10.1. The van der Waals surface area contributed by atoms with Crippen LogP contribution in [-0.2, 0) is 9.84 Å². The van der Waals surface area contributed by atoms with Crippen molar-refractivity contribution in [1.82, 2.24) is 0 Å². The quantitative estimate of drug-likeness (QED) is 0.432. The molecule has 0 spiro atoms. The second kappa shape index (κ2) is 4.88. The Morgan fingerprint density at radius 2 is 1.94 bits per heavy atom. The highest BCUT2D eigenvalue weighted by atomic mass is 32.2. The summed E-state index contributed by atoms with van der Waals surface area (Å²) >= 11 is 0. The zero-order chi connectivity index (χ0) is 12.4. The van der Waals surface area contributed by atoms with Crippen LogP contribution in [0.5, 0.6) is 0 Å². The van der Waals surface area contributed by atoms with Gasteiger partial charge >= 0.3 is 0 Å². The van der Waals surface area contributed by atoms with E-state index in [1.807, 2.05) is 6.08 Å². The van der Waals surface area contributed by atoms with Gasteiger partial charge in [-0.25, -0.2) is 8.42 Å². The monoisotopic (exact) mass is 258 g/mol. The molecule has 4 heteroatoms. The highest BCUT2D eigenvalue weighted by Gasteiger charge is 2.34. The van der Waals surface area contributed by atoms with E-state index in [4.69, 9.17) is 0 Å². The Kier molecular flexibility index (Phi) is 4.18. The molecule has 0 fully saturated rings. The minimum absolute atomic E-state index is 0.309. The smallest absolute Gasteiger partial charge is 0.157 e. The Morgan fingerprint density at radius 3 is 2.44 bits per heavy atom. The van der Waals surface area contributed by atoms with Gasteiger partial charge in [0.15, 0.2) is 9.84 Å². The second-order valence-electron chi connectivity index (χ2n) is 5.55. The van der Waals surface area contributed by atoms with Crippen molar-refractivity contribution in [2.24, 2.45) is 0 Å². The molecule has 0 radical (unpaired) electrons. The third-order valence-electron chi connectivity index (χ3n) is 2.98. The van der Waals surface area contributed by atoms with Gasteiger partial charge < -0.3 is 0 Å². The third kappa shape index (κ3) is 3.59. The maximum absolute atomic E-state index is 11.7. The third-order valence-corrected chi connectivity index (χ3v) is 7.09. The molecule has 0 aromatic carbocycles. The molecule has 1 aliphatic heterocycles. The van der Waals surface area contributed by atoms with Crippen molar-refractivity contribution < 1.29 is 8.42 Å². The summed E-state index contributed by atoms with van der Waals surface area (Å²) in [7, 11) is -4.29. The summed E-state index contributed by atoms with van der Waals surface area (Å²) in [6, 6.07) is 0. The Hall–Kier alpha value is -0.353. The average molecular weight is 258 g/mol. The van der Waals surface area contributed by atoms with Crippen LogP contribution in [0.2, 0.25) is 19.6 Å². The largest absolute Gasteiger partial charge is 0.228 e. The number of sulfone groups is 1. The van der Waals surface area contributed by atoms with E-state index < -0.39 is 17.9 Å². The van der Waals surface area contributed by atoms with Crippen molar-refractivity contribution in [2.45, 2.75) is 38.9 Å². The fraction of sp³-hybridized carbons (Fsp3) is 0.667. The Bertz CT molecular complexity index is 399. The van der Waals surface area contributed by atoms with Gasteiger partial charge in [-0.15, -0.1) is 6.58 Å². The van der Waals surface area contributed by atoms with Crippen molar-refractivity contribution in [1.29, 1.82) is 0 Å². The van der Waals surface area contributed by atoms with Gasteiger partial charge in [0, 0.05) is 0 Å². The van der Waals surface area contributed by atoms with E-state index in [1.165, 1.54) is 10.8 Å². The number of hydrogen-bond acceptors (Lipinski definition) is 2. The highest BCUT2D eigenvalue weighted by molar-refractivity contribution is 7.92. The van der Waals surface area contributed by atoms with Crippen molar-refractivity contribution in [3.05, 3.63) is 23.4 Å². The van der Waals surface area contributed by atoms with E-state index in [9.17, 15) is 8.42 Å². The molecule has 1 heterocycles. The summed E-state index contributed by atoms with van der Waals surface area (Å²) in [5.41, 5.74) is 1.21. The summed E-state index contributed by atoms with van der Waals surface area (Å²) in [6.45, 7) is 10.4. The van der Waals surface area contributed by atoms with Crippen LogP contribution >= 0.6 is 0 Å². The fourth-order valence-electron chi connectivity index (χ4n) is 2.16. The highest BCUT2D eigenvalue weighted by Crippen LogP contribution is 2.30. The van der Waals surface area contributed by atoms with E-state index >= 15 is 0 Å². The van der Waals surface area contributed by atoms with Crippen LogP contribution in [0.3, 0.4) is 0 Å². The van der Waals surface area contributed by atoms with Crippen molar-refractivity contribution >= 4 is 17.9 Å². The normalized spacial score (nSPS) is 20.2. The predicted molar refractivity (Wildman–Crippen MR) is 73.1 cm³/mol. The minimum atomic E-state index is -2.83. The SMILES string of the molecule is C=CCCCC1=C([Si](C)(C)C)CS(=O)(=O)C1. The van der Waals surface area contributed by atoms with E-state index in [-0.39, 0.29) is 0 Å². The van der Waals surface area contributed by atoms with Gasteiger partial charge in [-0.05, 0) is 19.3 Å². The molecule has 1 aliphatic rings. The summed E-state index contributed by atoms with van der Waals surface area (Å²) in [6.07, 6.45) is 4.84. The summed E-state index contributed by atoms with van der Waals surface area (Å²) < 4.78 is 23.4. The average Bonchev–Trinajstić information content (AvgIpc) is 2.41. The standard InChI is InChI=1S/C12H22O2SSi/c1-5-6-7-8-11-9-15(13,14)10-12(11)16(2,3)4/h5H,1,6-10H2,2-4H3. The molecule has 0 amide bonds. The fourth-order valence-corrected chi connectivity index (χ4v) is 7.54. The van der Waals surface area contributed by atoms with Gasteiger partial charge in [-0.3, -0.25) is 0 Å². The maximum Gasteiger partial charge on any atom is 0.157 e. The Labute approximate surface area is 100 Å². The first-order valence-electron chi connectivity index (χ1n) is 5.79. The van der Waals surface area contributed by atoms with Crippen LogP contribution < -0.4 is 0 Å². The summed E-state index contributed by atoms with van der Waals surface area (Å²) in [5, 5.41) is 1.27. The van der Waals surface area contributed by atoms with Gasteiger partial charge in [0.05, 0.1) is 19.6 Å². The molecule has 0 saturated heterocycles. The summed E-state index contributed by atoms with van der Waals surface area (Å²) in [4.78, 5) is 0. The first kappa shape index (κ1) is 13.7. The number of hydrogen-bond donors (Lipinski definition) is 0. The molecule has 0 bridgehead atoms. The van der Waals surface area contributed by atoms with Crippen LogP contribution in [0.15, 0.2) is 23.4 Å². The van der Waals surface area contributed by atoms with Crippen LogP contribution in [0.4, 0.5) is 0 Å². The van der Waals surface area contributed by atoms with Gasteiger partial charge in [0.25, 0.3) is 0 Å². The van der Waals surface area contributed by atoms with Crippen LogP contribution in [0, 0.1) is 0 Å². The second-order valence-corrected chi connectivity index (χ2v) is 12.7. The molecule has 0 saturated carbocycles. The molecule has 0 aromatic rings. The lowest BCUT2D eigenvalue weighted by Gasteiger charge is -2.19. The zero-order valence-corrected chi connectivity index (χ0v) is 12.4. The van der Waals surface area contributed by atoms with Crippen LogP contribution in [0.25, 0.3) is 0 Å². The molecule has 2 nitrogen and oxygen atoms in total. The van der Waals surface area contributed by atoms with Gasteiger partial charge in [-0.1, -0.05) is 36.5 Å². The number of allylic oxidation sites excluding steroid dienone is 1. The predicted octanol–water partition coefficient (Wildman–Crippen LogP) is 2.95. The van der Waals surface area contributed by atoms with Crippen molar-refractivity contribution in [3.8, 4) is 0 Å². The zero-order valence-electron chi connectivity index (χ0n) is 10.5. The lowest BCUT2D eigenvalue weighted by molar-refractivity contribution is 0.602. The Balaban J connectivity index is 2.85. The molecule has 0 aromatic heterocycles. The molecule has 16 heavy (non-hydrogen) atoms. The topological polar surface area (TPSA) is 34.1 Å². The van der Waals surface area contributed by atoms with E-state index in [2.05, 4.69) is 26.2 Å². The van der Waals surface area contributed by atoms with Gasteiger partial charge in [-0.2, -0.15) is 0 Å². The molecule has 1 rings (SSSR count). The van der Waals surface area contributed by atoms with E-state index in [0.29, 0.717) is 11.5 Å².